The molecule has 3 N–H and O–H groups in total. The molecule has 0 heterocycles. The van der Waals surface area contributed by atoms with E-state index in [9.17, 15) is 9.90 Å². The second kappa shape index (κ2) is 11.0. The maximum Gasteiger partial charge on any atom is 0.283 e. The minimum absolute atomic E-state index is 0.408. The van der Waals surface area contributed by atoms with Crippen molar-refractivity contribution in [2.45, 2.75) is 84.2 Å². The molecule has 0 saturated heterocycles. The molecular formula is C18H41NO6Si3. The summed E-state index contributed by atoms with van der Waals surface area (Å²) in [6.45, 7) is 20.1. The minimum atomic E-state index is -1.94. The molecule has 1 amide bonds. The normalized spacial score (nSPS) is 14.4. The zero-order valence-corrected chi connectivity index (χ0v) is 22.2. The Hall–Kier alpha value is -0.499. The number of amides is 1. The summed E-state index contributed by atoms with van der Waals surface area (Å²) < 4.78 is 25.1. The number of carbonyl (C=O) groups excluding carboxylic acids is 1. The molecule has 0 aliphatic carbocycles. The molecule has 0 aliphatic heterocycles. The fraction of sp³-hybridized carbons (Fsp3) is 0.833. The Kier molecular flexibility index (Phi) is 10.8. The molecule has 0 aliphatic rings. The van der Waals surface area contributed by atoms with Crippen LogP contribution in [0.1, 0.15) is 19.3 Å². The van der Waals surface area contributed by atoms with Gasteiger partial charge >= 0.3 is 0 Å². The first-order valence-corrected chi connectivity index (χ1v) is 20.0. The van der Waals surface area contributed by atoms with Crippen molar-refractivity contribution in [3.8, 4) is 0 Å². The molecule has 10 heteroatoms. The highest BCUT2D eigenvalue weighted by molar-refractivity contribution is 6.72. The average Bonchev–Trinajstić information content (AvgIpc) is 2.39. The van der Waals surface area contributed by atoms with Gasteiger partial charge in [-0.2, -0.15) is 0 Å². The summed E-state index contributed by atoms with van der Waals surface area (Å²) in [7, 11) is -5.81. The third-order valence-corrected chi connectivity index (χ3v) is 5.79. The smallest absolute Gasteiger partial charge is 0.283 e. The Morgan fingerprint density at radius 1 is 0.893 bits per heavy atom. The van der Waals surface area contributed by atoms with Gasteiger partial charge in [-0.3, -0.25) is 4.79 Å². The quantitative estimate of drug-likeness (QED) is 0.134. The van der Waals surface area contributed by atoms with Crippen LogP contribution >= 0.6 is 0 Å². The van der Waals surface area contributed by atoms with Crippen LogP contribution < -0.4 is 5.73 Å². The second-order valence-corrected chi connectivity index (χ2v) is 23.1. The van der Waals surface area contributed by atoms with Crippen LogP contribution in [0.3, 0.4) is 0 Å². The van der Waals surface area contributed by atoms with Gasteiger partial charge in [-0.25, -0.2) is 0 Å². The van der Waals surface area contributed by atoms with Crippen LogP contribution in [0.5, 0.6) is 0 Å². The standard InChI is InChI=1S/C18H41NO6Si3/c1-26(2,3)23-18(24-27(4,5)6,25-28(7,8)9)13-15-22-14-11-10-12-16(20)17(19)21/h12,20H,10-11,13-15H2,1-9H3,(H2,19,21). The van der Waals surface area contributed by atoms with Gasteiger partial charge in [0.15, 0.2) is 30.7 Å². The summed E-state index contributed by atoms with van der Waals surface area (Å²) in [5.74, 6) is -2.29. The summed E-state index contributed by atoms with van der Waals surface area (Å²) in [5, 5.41) is 9.27. The zero-order valence-electron chi connectivity index (χ0n) is 19.2. The van der Waals surface area contributed by atoms with E-state index in [1.165, 1.54) is 6.08 Å². The molecule has 0 bridgehead atoms. The highest BCUT2D eigenvalue weighted by Crippen LogP contribution is 2.32. The molecule has 7 nitrogen and oxygen atoms in total. The van der Waals surface area contributed by atoms with Gasteiger partial charge in [0, 0.05) is 6.61 Å². The maximum absolute atomic E-state index is 10.8. The molecule has 0 atom stereocenters. The third-order valence-electron chi connectivity index (χ3n) is 3.02. The fourth-order valence-electron chi connectivity index (χ4n) is 2.44. The molecule has 0 rings (SSSR count). The minimum Gasteiger partial charge on any atom is -0.503 e. The summed E-state index contributed by atoms with van der Waals surface area (Å²) in [5.41, 5.74) is 4.98. The number of aliphatic hydroxyl groups excluding tert-OH is 1. The zero-order chi connectivity index (χ0) is 22.2. The number of ether oxygens (including phenoxy) is 1. The second-order valence-electron chi connectivity index (χ2n) is 9.78. The number of rotatable bonds is 14. The largest absolute Gasteiger partial charge is 0.503 e. The Morgan fingerprint density at radius 2 is 1.32 bits per heavy atom. The number of hydrogen-bond acceptors (Lipinski definition) is 6. The SMILES string of the molecule is C[Si](C)(C)OC(CCOCCCC=C(O)C(N)=O)(O[Si](C)(C)C)O[Si](C)(C)C. The highest BCUT2D eigenvalue weighted by atomic mass is 28.4. The molecule has 0 radical (unpaired) electrons. The molecule has 0 aromatic heterocycles. The van der Waals surface area contributed by atoms with Crippen LogP contribution in [0.25, 0.3) is 0 Å². The van der Waals surface area contributed by atoms with Gasteiger partial charge in [-0.1, -0.05) is 0 Å². The Balaban J connectivity index is 4.96. The molecule has 0 spiro atoms. The third kappa shape index (κ3) is 14.5. The van der Waals surface area contributed by atoms with Gasteiger partial charge in [0.05, 0.1) is 13.0 Å². The van der Waals surface area contributed by atoms with Crippen LogP contribution in [-0.2, 0) is 22.8 Å². The van der Waals surface area contributed by atoms with Crippen LogP contribution in [0.4, 0.5) is 0 Å². The number of aliphatic hydroxyl groups is 1. The fourth-order valence-corrected chi connectivity index (χ4v) is 6.04. The van der Waals surface area contributed by atoms with Crippen molar-refractivity contribution < 1.29 is 27.9 Å². The van der Waals surface area contributed by atoms with E-state index >= 15 is 0 Å². The molecule has 0 aromatic rings. The van der Waals surface area contributed by atoms with Crippen LogP contribution in [0, 0.1) is 0 Å². The van der Waals surface area contributed by atoms with Crippen molar-refractivity contribution in [2.75, 3.05) is 13.2 Å². The molecule has 0 unspecified atom stereocenters. The van der Waals surface area contributed by atoms with Crippen molar-refractivity contribution in [3.05, 3.63) is 11.8 Å². The van der Waals surface area contributed by atoms with Crippen molar-refractivity contribution >= 4 is 30.9 Å². The molecule has 28 heavy (non-hydrogen) atoms. The molecule has 0 fully saturated rings. The van der Waals surface area contributed by atoms with Crippen LogP contribution in [0.2, 0.25) is 58.9 Å². The maximum atomic E-state index is 10.8. The van der Waals surface area contributed by atoms with E-state index in [4.69, 9.17) is 23.7 Å². The molecule has 166 valence electrons. The summed E-state index contributed by atoms with van der Waals surface area (Å²) >= 11 is 0. The lowest BCUT2D eigenvalue weighted by Crippen LogP contribution is -2.56. The Bertz CT molecular complexity index is 480. The van der Waals surface area contributed by atoms with E-state index in [1.807, 2.05) is 0 Å². The Labute approximate surface area is 174 Å². The highest BCUT2D eigenvalue weighted by Gasteiger charge is 2.44. The predicted molar refractivity (Wildman–Crippen MR) is 121 cm³/mol. The number of carbonyl (C=O) groups is 1. The first-order chi connectivity index (χ1) is 12.4. The van der Waals surface area contributed by atoms with Crippen molar-refractivity contribution in [2.24, 2.45) is 5.73 Å². The number of hydrogen-bond donors (Lipinski definition) is 2. The van der Waals surface area contributed by atoms with Crippen LogP contribution in [0.15, 0.2) is 11.8 Å². The van der Waals surface area contributed by atoms with E-state index in [0.29, 0.717) is 32.5 Å². The van der Waals surface area contributed by atoms with Crippen molar-refractivity contribution in [1.82, 2.24) is 0 Å². The monoisotopic (exact) mass is 451 g/mol. The summed E-state index contributed by atoms with van der Waals surface area (Å²) in [6.07, 6.45) is 3.09. The predicted octanol–water partition coefficient (Wildman–Crippen LogP) is 4.31. The number of unbranched alkanes of at least 4 members (excludes halogenated alkanes) is 1. The van der Waals surface area contributed by atoms with Gasteiger partial charge < -0.3 is 28.9 Å². The van der Waals surface area contributed by atoms with Gasteiger partial charge in [0.2, 0.25) is 0 Å². The van der Waals surface area contributed by atoms with E-state index in [-0.39, 0.29) is 0 Å². The van der Waals surface area contributed by atoms with Crippen LogP contribution in [-0.4, -0.2) is 55.2 Å². The Morgan fingerprint density at radius 3 is 1.68 bits per heavy atom. The average molecular weight is 452 g/mol. The van der Waals surface area contributed by atoms with E-state index < -0.39 is 42.6 Å². The molecule has 0 aromatic carbocycles. The first kappa shape index (κ1) is 27.5. The summed E-state index contributed by atoms with van der Waals surface area (Å²) in [6, 6.07) is 0. The van der Waals surface area contributed by atoms with E-state index in [2.05, 4.69) is 58.9 Å². The van der Waals surface area contributed by atoms with E-state index in [0.717, 1.165) is 0 Å². The van der Waals surface area contributed by atoms with Gasteiger partial charge in [-0.05, 0) is 77.8 Å². The topological polar surface area (TPSA) is 100 Å². The van der Waals surface area contributed by atoms with Gasteiger partial charge in [0.25, 0.3) is 11.9 Å². The lowest BCUT2D eigenvalue weighted by molar-refractivity contribution is -0.278. The lowest BCUT2D eigenvalue weighted by Gasteiger charge is -2.45. The van der Waals surface area contributed by atoms with Gasteiger partial charge in [-0.15, -0.1) is 0 Å². The molecule has 0 saturated carbocycles. The number of nitrogens with two attached hydrogens (primary N) is 1. The van der Waals surface area contributed by atoms with Gasteiger partial charge in [0.1, 0.15) is 0 Å². The van der Waals surface area contributed by atoms with E-state index in [1.54, 1.807) is 0 Å². The van der Waals surface area contributed by atoms with Crippen molar-refractivity contribution in [1.29, 1.82) is 0 Å². The number of allylic oxidation sites excluding steroid dienone is 1. The lowest BCUT2D eigenvalue weighted by atomic mass is 10.3. The molecular weight excluding hydrogens is 410 g/mol. The summed E-state index contributed by atoms with van der Waals surface area (Å²) in [4.78, 5) is 10.8. The van der Waals surface area contributed by atoms with Crippen molar-refractivity contribution in [3.63, 3.8) is 0 Å². The number of primary amides is 1. The first-order valence-electron chi connectivity index (χ1n) is 9.82.